The van der Waals surface area contributed by atoms with Crippen molar-refractivity contribution in [3.63, 3.8) is 0 Å². The fourth-order valence-corrected chi connectivity index (χ4v) is 1.79. The molecule has 4 nitrogen and oxygen atoms in total. The lowest BCUT2D eigenvalue weighted by molar-refractivity contribution is 0.0525. The molecule has 0 amide bonds. The van der Waals surface area contributed by atoms with E-state index < -0.39 is 0 Å². The predicted molar refractivity (Wildman–Crippen MR) is 51.6 cm³/mol. The quantitative estimate of drug-likeness (QED) is 0.523. The molecule has 0 aliphatic carbocycles. The van der Waals surface area contributed by atoms with Crippen LogP contribution in [0.5, 0.6) is 0 Å². The van der Waals surface area contributed by atoms with E-state index in [4.69, 9.17) is 5.11 Å². The molecular formula is C9H20N2O2. The summed E-state index contributed by atoms with van der Waals surface area (Å²) in [6.07, 6.45) is 0. The number of hydrogen-bond donors (Lipinski definition) is 3. The maximum absolute atomic E-state index is 9.21. The number of rotatable bonds is 4. The summed E-state index contributed by atoms with van der Waals surface area (Å²) < 4.78 is 0. The summed E-state index contributed by atoms with van der Waals surface area (Å²) in [6.45, 7) is 6.16. The summed E-state index contributed by atoms with van der Waals surface area (Å²) in [5.74, 6) is 0.156. The lowest BCUT2D eigenvalue weighted by Crippen LogP contribution is -2.52. The Balaban J connectivity index is 2.43. The fourth-order valence-electron chi connectivity index (χ4n) is 1.79. The van der Waals surface area contributed by atoms with Crippen LogP contribution < -0.4 is 5.32 Å². The summed E-state index contributed by atoms with van der Waals surface area (Å²) in [4.78, 5) is 2.25. The van der Waals surface area contributed by atoms with Gasteiger partial charge in [0.1, 0.15) is 0 Å². The molecule has 13 heavy (non-hydrogen) atoms. The number of nitrogens with zero attached hydrogens (tertiary/aromatic N) is 1. The Morgan fingerprint density at radius 1 is 1.23 bits per heavy atom. The number of piperazine rings is 1. The Morgan fingerprint density at radius 2 is 1.85 bits per heavy atom. The lowest BCUT2D eigenvalue weighted by atomic mass is 10.0. The molecule has 1 saturated heterocycles. The van der Waals surface area contributed by atoms with Gasteiger partial charge in [-0.25, -0.2) is 0 Å². The monoisotopic (exact) mass is 188 g/mol. The van der Waals surface area contributed by atoms with Crippen LogP contribution in [0.25, 0.3) is 0 Å². The first-order valence-corrected chi connectivity index (χ1v) is 4.96. The molecule has 0 spiro atoms. The molecule has 1 rings (SSSR count). The minimum atomic E-state index is 0.118. The van der Waals surface area contributed by atoms with Gasteiger partial charge in [0.2, 0.25) is 0 Å². The maximum Gasteiger partial charge on any atom is 0.0590 e. The zero-order valence-corrected chi connectivity index (χ0v) is 8.24. The van der Waals surface area contributed by atoms with Crippen molar-refractivity contribution < 1.29 is 10.2 Å². The zero-order valence-electron chi connectivity index (χ0n) is 8.24. The highest BCUT2D eigenvalue weighted by Crippen LogP contribution is 2.10. The standard InChI is InChI=1S/C9H20N2O2/c1-8(6-12)9(7-13)11-4-2-10-3-5-11/h8-10,12-13H,2-7H2,1H3. The lowest BCUT2D eigenvalue weighted by Gasteiger charge is -2.36. The third-order valence-electron chi connectivity index (χ3n) is 2.75. The second-order valence-electron chi connectivity index (χ2n) is 3.70. The van der Waals surface area contributed by atoms with Crippen molar-refractivity contribution in [2.45, 2.75) is 13.0 Å². The van der Waals surface area contributed by atoms with Gasteiger partial charge in [0, 0.05) is 38.8 Å². The normalized spacial score (nSPS) is 24.2. The molecule has 0 aromatic heterocycles. The molecule has 1 heterocycles. The molecule has 0 radical (unpaired) electrons. The van der Waals surface area contributed by atoms with E-state index in [1.54, 1.807) is 0 Å². The Bertz CT molecular complexity index is 138. The zero-order chi connectivity index (χ0) is 9.68. The van der Waals surface area contributed by atoms with Crippen LogP contribution in [0.3, 0.4) is 0 Å². The summed E-state index contributed by atoms with van der Waals surface area (Å²) >= 11 is 0. The van der Waals surface area contributed by atoms with E-state index in [2.05, 4.69) is 10.2 Å². The van der Waals surface area contributed by atoms with Gasteiger partial charge >= 0.3 is 0 Å². The largest absolute Gasteiger partial charge is 0.396 e. The Kier molecular flexibility index (Phi) is 4.66. The van der Waals surface area contributed by atoms with Crippen LogP contribution in [0.4, 0.5) is 0 Å². The van der Waals surface area contributed by atoms with Gasteiger partial charge in [0.05, 0.1) is 6.61 Å². The van der Waals surface area contributed by atoms with Crippen LogP contribution in [0.15, 0.2) is 0 Å². The average Bonchev–Trinajstić information content (AvgIpc) is 2.20. The van der Waals surface area contributed by atoms with Gasteiger partial charge < -0.3 is 15.5 Å². The van der Waals surface area contributed by atoms with E-state index in [-0.39, 0.29) is 25.2 Å². The Morgan fingerprint density at radius 3 is 2.31 bits per heavy atom. The second-order valence-corrected chi connectivity index (χ2v) is 3.70. The molecule has 0 aromatic carbocycles. The van der Waals surface area contributed by atoms with E-state index in [1.165, 1.54) is 0 Å². The highest BCUT2D eigenvalue weighted by molar-refractivity contribution is 4.79. The van der Waals surface area contributed by atoms with Crippen molar-refractivity contribution in [3.05, 3.63) is 0 Å². The molecule has 2 atom stereocenters. The van der Waals surface area contributed by atoms with Gasteiger partial charge in [-0.2, -0.15) is 0 Å². The molecule has 1 fully saturated rings. The highest BCUT2D eigenvalue weighted by Gasteiger charge is 2.24. The summed E-state index contributed by atoms with van der Waals surface area (Å²) in [5.41, 5.74) is 0. The van der Waals surface area contributed by atoms with Gasteiger partial charge in [0.15, 0.2) is 0 Å². The van der Waals surface area contributed by atoms with Crippen LogP contribution in [0, 0.1) is 5.92 Å². The molecule has 1 aliphatic rings. The fraction of sp³-hybridized carbons (Fsp3) is 1.00. The van der Waals surface area contributed by atoms with Gasteiger partial charge in [-0.3, -0.25) is 4.90 Å². The smallest absolute Gasteiger partial charge is 0.0590 e. The van der Waals surface area contributed by atoms with Crippen LogP contribution >= 0.6 is 0 Å². The summed E-state index contributed by atoms with van der Waals surface area (Å²) in [6, 6.07) is 0.118. The molecule has 0 saturated carbocycles. The molecule has 0 bridgehead atoms. The van der Waals surface area contributed by atoms with Crippen molar-refractivity contribution in [1.82, 2.24) is 10.2 Å². The maximum atomic E-state index is 9.21. The van der Waals surface area contributed by atoms with E-state index in [9.17, 15) is 5.11 Å². The predicted octanol–water partition coefficient (Wildman–Crippen LogP) is -1.12. The first-order valence-electron chi connectivity index (χ1n) is 4.96. The van der Waals surface area contributed by atoms with E-state index in [0.717, 1.165) is 26.2 Å². The summed E-state index contributed by atoms with van der Waals surface area (Å²) in [7, 11) is 0. The third-order valence-corrected chi connectivity index (χ3v) is 2.75. The number of aliphatic hydroxyl groups excluding tert-OH is 2. The van der Waals surface area contributed by atoms with Crippen LogP contribution in [-0.2, 0) is 0 Å². The molecule has 78 valence electrons. The van der Waals surface area contributed by atoms with E-state index in [1.807, 2.05) is 6.92 Å². The number of nitrogens with one attached hydrogen (secondary N) is 1. The van der Waals surface area contributed by atoms with Gasteiger partial charge in [-0.05, 0) is 5.92 Å². The van der Waals surface area contributed by atoms with Gasteiger partial charge in [-0.1, -0.05) is 6.92 Å². The Labute approximate surface area is 79.6 Å². The highest BCUT2D eigenvalue weighted by atomic mass is 16.3. The molecule has 0 aromatic rings. The molecule has 4 heteroatoms. The van der Waals surface area contributed by atoms with Crippen molar-refractivity contribution in [2.75, 3.05) is 39.4 Å². The number of hydrogen-bond acceptors (Lipinski definition) is 4. The van der Waals surface area contributed by atoms with Crippen LogP contribution in [0.1, 0.15) is 6.92 Å². The van der Waals surface area contributed by atoms with Crippen molar-refractivity contribution in [1.29, 1.82) is 0 Å². The van der Waals surface area contributed by atoms with Gasteiger partial charge in [-0.15, -0.1) is 0 Å². The van der Waals surface area contributed by atoms with E-state index >= 15 is 0 Å². The first-order chi connectivity index (χ1) is 6.29. The topological polar surface area (TPSA) is 55.7 Å². The Hall–Kier alpha value is -0.160. The van der Waals surface area contributed by atoms with E-state index in [0.29, 0.717) is 0 Å². The SMILES string of the molecule is CC(CO)C(CO)N1CCNCC1. The average molecular weight is 188 g/mol. The first kappa shape index (κ1) is 10.9. The number of aliphatic hydroxyl groups is 2. The third kappa shape index (κ3) is 2.91. The van der Waals surface area contributed by atoms with Crippen molar-refractivity contribution in [2.24, 2.45) is 5.92 Å². The van der Waals surface area contributed by atoms with Crippen LogP contribution in [0.2, 0.25) is 0 Å². The van der Waals surface area contributed by atoms with Gasteiger partial charge in [0.25, 0.3) is 0 Å². The molecule has 2 unspecified atom stereocenters. The molecular weight excluding hydrogens is 168 g/mol. The second kappa shape index (κ2) is 5.54. The molecule has 3 N–H and O–H groups in total. The summed E-state index contributed by atoms with van der Waals surface area (Å²) in [5, 5.41) is 21.5. The van der Waals surface area contributed by atoms with Crippen molar-refractivity contribution >= 4 is 0 Å². The van der Waals surface area contributed by atoms with Crippen molar-refractivity contribution in [3.8, 4) is 0 Å². The minimum Gasteiger partial charge on any atom is -0.396 e. The van der Waals surface area contributed by atoms with Crippen LogP contribution in [-0.4, -0.2) is 60.5 Å². The molecule has 1 aliphatic heterocycles. The minimum absolute atomic E-state index is 0.118.